The molecular formula is C13H20ClN5. The van der Waals surface area contributed by atoms with Gasteiger partial charge in [0.15, 0.2) is 0 Å². The van der Waals surface area contributed by atoms with Crippen LogP contribution in [-0.2, 0) is 26.9 Å². The monoisotopic (exact) mass is 281 g/mol. The molecule has 0 saturated carbocycles. The molecular weight excluding hydrogens is 262 g/mol. The zero-order valence-electron chi connectivity index (χ0n) is 11.8. The van der Waals surface area contributed by atoms with E-state index >= 15 is 0 Å². The topological polar surface area (TPSA) is 61.7 Å². The highest BCUT2D eigenvalue weighted by molar-refractivity contribution is 6.30. The minimum absolute atomic E-state index is 0.107. The summed E-state index contributed by atoms with van der Waals surface area (Å²) in [6, 6.07) is -0.107. The molecule has 0 fully saturated rings. The number of hydrogen-bond acceptors (Lipinski definition) is 3. The van der Waals surface area contributed by atoms with Gasteiger partial charge in [-0.3, -0.25) is 9.36 Å². The first-order chi connectivity index (χ1) is 8.93. The highest BCUT2D eigenvalue weighted by Crippen LogP contribution is 2.25. The molecule has 104 valence electrons. The third-order valence-electron chi connectivity index (χ3n) is 3.37. The Morgan fingerprint density at radius 3 is 2.58 bits per heavy atom. The van der Waals surface area contributed by atoms with E-state index in [-0.39, 0.29) is 6.04 Å². The minimum atomic E-state index is -0.107. The number of aryl methyl sites for hydroxylation is 4. The maximum Gasteiger partial charge on any atom is 0.130 e. The summed E-state index contributed by atoms with van der Waals surface area (Å²) in [5.74, 6) is 0. The molecule has 0 aromatic carbocycles. The molecule has 2 rings (SSSR count). The summed E-state index contributed by atoms with van der Waals surface area (Å²) in [4.78, 5) is 0. The van der Waals surface area contributed by atoms with E-state index in [1.807, 2.05) is 31.9 Å². The van der Waals surface area contributed by atoms with Crippen LogP contribution in [0.3, 0.4) is 0 Å². The van der Waals surface area contributed by atoms with E-state index in [9.17, 15) is 0 Å². The molecule has 0 aliphatic carbocycles. The first kappa shape index (κ1) is 14.1. The van der Waals surface area contributed by atoms with Crippen molar-refractivity contribution >= 4 is 11.6 Å². The largest absolute Gasteiger partial charge is 0.324 e. The summed E-state index contributed by atoms with van der Waals surface area (Å²) in [5.41, 5.74) is 10.4. The number of nitrogens with two attached hydrogens (primary N) is 1. The molecule has 0 bridgehead atoms. The lowest BCUT2D eigenvalue weighted by Gasteiger charge is -2.11. The zero-order chi connectivity index (χ0) is 14.2. The zero-order valence-corrected chi connectivity index (χ0v) is 12.6. The van der Waals surface area contributed by atoms with Crippen LogP contribution in [-0.4, -0.2) is 19.6 Å². The molecule has 2 aromatic heterocycles. The van der Waals surface area contributed by atoms with Crippen molar-refractivity contribution in [2.75, 3.05) is 0 Å². The maximum absolute atomic E-state index is 6.31. The predicted molar refractivity (Wildman–Crippen MR) is 76.2 cm³/mol. The van der Waals surface area contributed by atoms with E-state index < -0.39 is 0 Å². The van der Waals surface area contributed by atoms with Gasteiger partial charge >= 0.3 is 0 Å². The van der Waals surface area contributed by atoms with E-state index in [0.717, 1.165) is 28.9 Å². The van der Waals surface area contributed by atoms with Crippen LogP contribution in [0.25, 0.3) is 0 Å². The van der Waals surface area contributed by atoms with Crippen molar-refractivity contribution in [3.8, 4) is 0 Å². The van der Waals surface area contributed by atoms with Crippen molar-refractivity contribution in [3.63, 3.8) is 0 Å². The van der Waals surface area contributed by atoms with Crippen LogP contribution in [0.4, 0.5) is 0 Å². The Bertz CT molecular complexity index is 584. The molecule has 1 unspecified atom stereocenters. The smallest absolute Gasteiger partial charge is 0.130 e. The molecule has 0 spiro atoms. The standard InChI is InChI=1S/C13H20ClN5/c1-5-12-10(7-18(3)17-12)11(15)6-9-8(2)16-19(4)13(9)14/h7,11H,5-6,15H2,1-4H3. The number of nitrogens with zero attached hydrogens (tertiary/aromatic N) is 4. The molecule has 2 aromatic rings. The van der Waals surface area contributed by atoms with Gasteiger partial charge in [0.2, 0.25) is 0 Å². The molecule has 0 radical (unpaired) electrons. The molecule has 0 aliphatic rings. The third-order valence-corrected chi connectivity index (χ3v) is 3.84. The van der Waals surface area contributed by atoms with Gasteiger partial charge in [-0.15, -0.1) is 0 Å². The number of aromatic nitrogens is 4. The molecule has 0 saturated heterocycles. The summed E-state index contributed by atoms with van der Waals surface area (Å²) in [6.45, 7) is 4.04. The van der Waals surface area contributed by atoms with Crippen LogP contribution in [0.2, 0.25) is 5.15 Å². The maximum atomic E-state index is 6.31. The van der Waals surface area contributed by atoms with Gasteiger partial charge in [0.05, 0.1) is 11.4 Å². The molecule has 2 heterocycles. The molecule has 1 atom stereocenters. The number of hydrogen-bond donors (Lipinski definition) is 1. The minimum Gasteiger partial charge on any atom is -0.324 e. The summed E-state index contributed by atoms with van der Waals surface area (Å²) in [6.07, 6.45) is 3.55. The number of rotatable bonds is 4. The van der Waals surface area contributed by atoms with Crippen molar-refractivity contribution in [1.29, 1.82) is 0 Å². The van der Waals surface area contributed by atoms with E-state index in [4.69, 9.17) is 17.3 Å². The Morgan fingerprint density at radius 1 is 1.37 bits per heavy atom. The predicted octanol–water partition coefficient (Wildman–Crippen LogP) is 1.92. The summed E-state index contributed by atoms with van der Waals surface area (Å²) in [5, 5.41) is 9.40. The van der Waals surface area contributed by atoms with Gasteiger partial charge in [0.1, 0.15) is 5.15 Å². The second kappa shape index (κ2) is 5.35. The fourth-order valence-electron chi connectivity index (χ4n) is 2.37. The van der Waals surface area contributed by atoms with Crippen LogP contribution in [0.1, 0.15) is 35.5 Å². The fraction of sp³-hybridized carbons (Fsp3) is 0.538. The lowest BCUT2D eigenvalue weighted by Crippen LogP contribution is -2.15. The van der Waals surface area contributed by atoms with Gasteiger partial charge in [0, 0.05) is 37.5 Å². The molecule has 5 nitrogen and oxygen atoms in total. The van der Waals surface area contributed by atoms with Crippen molar-refractivity contribution in [1.82, 2.24) is 19.6 Å². The summed E-state index contributed by atoms with van der Waals surface area (Å²) >= 11 is 6.25. The Morgan fingerprint density at radius 2 is 2.05 bits per heavy atom. The molecule has 2 N–H and O–H groups in total. The normalized spacial score (nSPS) is 12.9. The van der Waals surface area contributed by atoms with Crippen molar-refractivity contribution in [2.24, 2.45) is 19.8 Å². The average Bonchev–Trinajstić information content (AvgIpc) is 2.85. The lowest BCUT2D eigenvalue weighted by molar-refractivity contribution is 0.708. The van der Waals surface area contributed by atoms with E-state index in [0.29, 0.717) is 11.6 Å². The van der Waals surface area contributed by atoms with E-state index in [1.165, 1.54) is 0 Å². The molecule has 6 heteroatoms. The number of halogens is 1. The lowest BCUT2D eigenvalue weighted by atomic mass is 10.00. The van der Waals surface area contributed by atoms with Crippen molar-refractivity contribution in [3.05, 3.63) is 33.9 Å². The van der Waals surface area contributed by atoms with Gasteiger partial charge in [-0.2, -0.15) is 10.2 Å². The van der Waals surface area contributed by atoms with Gasteiger partial charge in [-0.1, -0.05) is 18.5 Å². The Balaban J connectivity index is 2.27. The third kappa shape index (κ3) is 2.67. The first-order valence-electron chi connectivity index (χ1n) is 6.40. The average molecular weight is 282 g/mol. The molecule has 0 amide bonds. The first-order valence-corrected chi connectivity index (χ1v) is 6.77. The highest BCUT2D eigenvalue weighted by atomic mass is 35.5. The van der Waals surface area contributed by atoms with Gasteiger partial charge in [-0.05, 0) is 19.8 Å². The quantitative estimate of drug-likeness (QED) is 0.931. The molecule has 0 aliphatic heterocycles. The summed E-state index contributed by atoms with van der Waals surface area (Å²) in [7, 11) is 3.75. The highest BCUT2D eigenvalue weighted by Gasteiger charge is 2.19. The van der Waals surface area contributed by atoms with Crippen LogP contribution in [0.15, 0.2) is 6.20 Å². The van der Waals surface area contributed by atoms with Crippen LogP contribution >= 0.6 is 11.6 Å². The van der Waals surface area contributed by atoms with Gasteiger partial charge in [0.25, 0.3) is 0 Å². The Labute approximate surface area is 118 Å². The van der Waals surface area contributed by atoms with Crippen LogP contribution in [0.5, 0.6) is 0 Å². The van der Waals surface area contributed by atoms with Crippen molar-refractivity contribution < 1.29 is 0 Å². The van der Waals surface area contributed by atoms with Crippen molar-refractivity contribution in [2.45, 2.75) is 32.7 Å². The Kier molecular flexibility index (Phi) is 3.96. The van der Waals surface area contributed by atoms with Crippen LogP contribution < -0.4 is 5.73 Å². The van der Waals surface area contributed by atoms with Gasteiger partial charge < -0.3 is 5.73 Å². The Hall–Kier alpha value is -1.33. The second-order valence-corrected chi connectivity index (χ2v) is 5.21. The SMILES string of the molecule is CCc1nn(C)cc1C(N)Cc1c(C)nn(C)c1Cl. The fourth-order valence-corrected chi connectivity index (χ4v) is 2.62. The second-order valence-electron chi connectivity index (χ2n) is 4.85. The molecule has 19 heavy (non-hydrogen) atoms. The van der Waals surface area contributed by atoms with Gasteiger partial charge in [-0.25, -0.2) is 0 Å². The van der Waals surface area contributed by atoms with Crippen LogP contribution in [0, 0.1) is 6.92 Å². The van der Waals surface area contributed by atoms with E-state index in [2.05, 4.69) is 17.1 Å². The van der Waals surface area contributed by atoms with E-state index in [1.54, 1.807) is 4.68 Å². The summed E-state index contributed by atoms with van der Waals surface area (Å²) < 4.78 is 3.49.